The van der Waals surface area contributed by atoms with E-state index in [9.17, 15) is 4.39 Å². The number of rotatable bonds is 3. The molecule has 0 bridgehead atoms. The monoisotopic (exact) mass is 276 g/mol. The molecule has 1 aromatic heterocycles. The van der Waals surface area contributed by atoms with Crippen molar-refractivity contribution in [3.63, 3.8) is 0 Å². The minimum absolute atomic E-state index is 0.0986. The third kappa shape index (κ3) is 2.66. The molecule has 8 heteroatoms. The van der Waals surface area contributed by atoms with Crippen LogP contribution in [-0.4, -0.2) is 10.2 Å². The molecule has 0 spiro atoms. The second-order valence-corrected chi connectivity index (χ2v) is 3.90. The van der Waals surface area contributed by atoms with E-state index in [0.717, 1.165) is 0 Å². The zero-order valence-electron chi connectivity index (χ0n) is 8.38. The lowest BCUT2D eigenvalue weighted by molar-refractivity contribution is 0.511. The van der Waals surface area contributed by atoms with Gasteiger partial charge in [0.2, 0.25) is 5.89 Å². The Morgan fingerprint density at radius 3 is 2.47 bits per heavy atom. The van der Waals surface area contributed by atoms with Crippen molar-refractivity contribution in [2.24, 2.45) is 5.73 Å². The van der Waals surface area contributed by atoms with Gasteiger partial charge in [0.15, 0.2) is 5.82 Å². The summed E-state index contributed by atoms with van der Waals surface area (Å²) in [5.74, 6) is -0.390. The Balaban J connectivity index is 2.24. The van der Waals surface area contributed by atoms with Crippen LogP contribution in [0.5, 0.6) is 0 Å². The van der Waals surface area contributed by atoms with Gasteiger partial charge in [-0.25, -0.2) is 4.39 Å². The van der Waals surface area contributed by atoms with Crippen molar-refractivity contribution >= 4 is 34.9 Å². The van der Waals surface area contributed by atoms with E-state index in [-0.39, 0.29) is 28.5 Å². The van der Waals surface area contributed by atoms with Gasteiger partial charge in [0.25, 0.3) is 0 Å². The number of anilines is 2. The molecule has 1 aromatic carbocycles. The molecular formula is C9H7Cl2FN4O. The Labute approximate surface area is 106 Å². The Hall–Kier alpha value is -1.37. The molecule has 90 valence electrons. The zero-order chi connectivity index (χ0) is 12.4. The number of hydrogen-bond donors (Lipinski definition) is 2. The number of nitrogens with one attached hydrogen (secondary N) is 1. The molecule has 2 aromatic rings. The quantitative estimate of drug-likeness (QED) is 0.843. The van der Waals surface area contributed by atoms with Gasteiger partial charge >= 0.3 is 6.01 Å². The smallest absolute Gasteiger partial charge is 0.320 e. The highest BCUT2D eigenvalue weighted by Gasteiger charge is 2.10. The summed E-state index contributed by atoms with van der Waals surface area (Å²) in [5, 5.41) is 9.86. The molecule has 0 saturated carbocycles. The van der Waals surface area contributed by atoms with Gasteiger partial charge < -0.3 is 15.5 Å². The maximum Gasteiger partial charge on any atom is 0.320 e. The first-order valence-corrected chi connectivity index (χ1v) is 5.29. The van der Waals surface area contributed by atoms with E-state index >= 15 is 0 Å². The molecule has 0 aliphatic rings. The van der Waals surface area contributed by atoms with Crippen LogP contribution in [0.1, 0.15) is 5.89 Å². The maximum absolute atomic E-state index is 13.1. The van der Waals surface area contributed by atoms with Gasteiger partial charge in [-0.1, -0.05) is 28.3 Å². The fourth-order valence-electron chi connectivity index (χ4n) is 1.14. The maximum atomic E-state index is 13.1. The lowest BCUT2D eigenvalue weighted by Crippen LogP contribution is -1.95. The van der Waals surface area contributed by atoms with Crippen molar-refractivity contribution in [3.8, 4) is 0 Å². The van der Waals surface area contributed by atoms with E-state index in [4.69, 9.17) is 33.4 Å². The largest absolute Gasteiger partial charge is 0.406 e. The number of nitrogens with zero attached hydrogens (tertiary/aromatic N) is 2. The molecular weight excluding hydrogens is 270 g/mol. The van der Waals surface area contributed by atoms with Crippen molar-refractivity contribution in [1.82, 2.24) is 10.2 Å². The molecule has 3 N–H and O–H groups in total. The highest BCUT2D eigenvalue weighted by atomic mass is 35.5. The lowest BCUT2D eigenvalue weighted by atomic mass is 10.3. The average molecular weight is 277 g/mol. The molecule has 2 rings (SSSR count). The van der Waals surface area contributed by atoms with Crippen LogP contribution >= 0.6 is 23.2 Å². The van der Waals surface area contributed by atoms with E-state index in [1.54, 1.807) is 0 Å². The molecule has 0 fully saturated rings. The predicted molar refractivity (Wildman–Crippen MR) is 61.9 cm³/mol. The third-order valence-electron chi connectivity index (χ3n) is 1.88. The molecule has 0 aliphatic heterocycles. The summed E-state index contributed by atoms with van der Waals surface area (Å²) >= 11 is 11.3. The van der Waals surface area contributed by atoms with Crippen LogP contribution in [0.4, 0.5) is 16.1 Å². The Bertz CT molecular complexity index is 523. The number of hydrogen-bond acceptors (Lipinski definition) is 5. The van der Waals surface area contributed by atoms with Crippen LogP contribution < -0.4 is 11.1 Å². The highest BCUT2D eigenvalue weighted by Crippen LogP contribution is 2.28. The van der Waals surface area contributed by atoms with Gasteiger partial charge in [0, 0.05) is 5.69 Å². The molecule has 0 atom stereocenters. The highest BCUT2D eigenvalue weighted by molar-refractivity contribution is 6.35. The summed E-state index contributed by atoms with van der Waals surface area (Å²) < 4.78 is 18.3. The van der Waals surface area contributed by atoms with Crippen molar-refractivity contribution < 1.29 is 8.81 Å². The molecule has 0 aliphatic carbocycles. The Morgan fingerprint density at radius 1 is 1.29 bits per heavy atom. The fraction of sp³-hybridized carbons (Fsp3) is 0.111. The first-order valence-electron chi connectivity index (χ1n) is 4.54. The van der Waals surface area contributed by atoms with Crippen molar-refractivity contribution in [3.05, 3.63) is 33.9 Å². The van der Waals surface area contributed by atoms with Crippen molar-refractivity contribution in [2.75, 3.05) is 5.32 Å². The van der Waals surface area contributed by atoms with Gasteiger partial charge in [-0.2, -0.15) is 0 Å². The lowest BCUT2D eigenvalue weighted by Gasteiger charge is -2.04. The van der Waals surface area contributed by atoms with Gasteiger partial charge in [-0.3, -0.25) is 0 Å². The number of aromatic nitrogens is 2. The topological polar surface area (TPSA) is 77.0 Å². The predicted octanol–water partition coefficient (Wildman–Crippen LogP) is 2.72. The van der Waals surface area contributed by atoms with Crippen LogP contribution in [0.15, 0.2) is 16.5 Å². The number of nitrogens with two attached hydrogens (primary N) is 1. The molecule has 17 heavy (non-hydrogen) atoms. The van der Waals surface area contributed by atoms with Crippen LogP contribution in [-0.2, 0) is 6.54 Å². The zero-order valence-corrected chi connectivity index (χ0v) is 9.89. The van der Waals surface area contributed by atoms with Crippen molar-refractivity contribution in [2.45, 2.75) is 6.54 Å². The van der Waals surface area contributed by atoms with Crippen LogP contribution in [0.2, 0.25) is 10.0 Å². The summed E-state index contributed by atoms with van der Waals surface area (Å²) in [6.07, 6.45) is 0. The van der Waals surface area contributed by atoms with Crippen LogP contribution in [0, 0.1) is 5.82 Å². The Kier molecular flexibility index (Phi) is 3.46. The van der Waals surface area contributed by atoms with Gasteiger partial charge in [0.1, 0.15) is 0 Å². The Morgan fingerprint density at radius 2 is 1.94 bits per heavy atom. The molecule has 0 amide bonds. The molecule has 1 heterocycles. The average Bonchev–Trinajstić information content (AvgIpc) is 2.73. The first-order chi connectivity index (χ1) is 8.10. The van der Waals surface area contributed by atoms with E-state index in [1.807, 2.05) is 0 Å². The SMILES string of the molecule is NCc1nnc(Nc2cc(Cl)c(F)c(Cl)c2)o1. The van der Waals surface area contributed by atoms with Gasteiger partial charge in [-0.05, 0) is 12.1 Å². The van der Waals surface area contributed by atoms with Crippen LogP contribution in [0.25, 0.3) is 0 Å². The van der Waals surface area contributed by atoms with E-state index < -0.39 is 5.82 Å². The summed E-state index contributed by atoms with van der Waals surface area (Å²) in [6.45, 7) is 0.139. The van der Waals surface area contributed by atoms with E-state index in [2.05, 4.69) is 15.5 Å². The fourth-order valence-corrected chi connectivity index (χ4v) is 1.62. The summed E-state index contributed by atoms with van der Waals surface area (Å²) in [4.78, 5) is 0. The normalized spacial score (nSPS) is 10.6. The van der Waals surface area contributed by atoms with E-state index in [1.165, 1.54) is 12.1 Å². The minimum atomic E-state index is -0.674. The third-order valence-corrected chi connectivity index (χ3v) is 2.43. The summed E-state index contributed by atoms with van der Waals surface area (Å²) in [5.41, 5.74) is 5.75. The second kappa shape index (κ2) is 4.87. The van der Waals surface area contributed by atoms with Gasteiger partial charge in [-0.15, -0.1) is 5.10 Å². The van der Waals surface area contributed by atoms with Crippen molar-refractivity contribution in [1.29, 1.82) is 0 Å². The molecule has 0 unspecified atom stereocenters. The molecule has 0 saturated heterocycles. The van der Waals surface area contributed by atoms with E-state index in [0.29, 0.717) is 5.69 Å². The van der Waals surface area contributed by atoms with Crippen LogP contribution in [0.3, 0.4) is 0 Å². The minimum Gasteiger partial charge on any atom is -0.406 e. The standard InChI is InChI=1S/C9H7Cl2FN4O/c10-5-1-4(2-6(11)8(5)12)14-9-16-15-7(3-13)17-9/h1-2H,3,13H2,(H,14,16). The summed E-state index contributed by atoms with van der Waals surface area (Å²) in [7, 11) is 0. The number of halogens is 3. The number of benzene rings is 1. The second-order valence-electron chi connectivity index (χ2n) is 3.08. The van der Waals surface area contributed by atoms with Gasteiger partial charge in [0.05, 0.1) is 16.6 Å². The molecule has 5 nitrogen and oxygen atoms in total. The molecule has 0 radical (unpaired) electrons. The summed E-state index contributed by atoms with van der Waals surface area (Å²) in [6, 6.07) is 2.84. The first kappa shape index (κ1) is 12.1.